The third-order valence-electron chi connectivity index (χ3n) is 2.56. The number of hydrogen-bond donors (Lipinski definition) is 2. The molecule has 0 unspecified atom stereocenters. The van der Waals surface area contributed by atoms with E-state index < -0.39 is 11.8 Å². The summed E-state index contributed by atoms with van der Waals surface area (Å²) in [5.41, 5.74) is 3.42. The highest BCUT2D eigenvalue weighted by atomic mass is 79.9. The van der Waals surface area contributed by atoms with Crippen LogP contribution in [0.4, 0.5) is 5.69 Å². The van der Waals surface area contributed by atoms with E-state index in [1.54, 1.807) is 48.5 Å². The normalized spacial score (nSPS) is 10.5. The third-order valence-corrected chi connectivity index (χ3v) is 3.34. The predicted molar refractivity (Wildman–Crippen MR) is 90.0 cm³/mol. The van der Waals surface area contributed by atoms with Gasteiger partial charge in [-0.2, -0.15) is 5.10 Å². The Hall–Kier alpha value is -2.18. The number of halogens is 2. The van der Waals surface area contributed by atoms with Gasteiger partial charge >= 0.3 is 11.8 Å². The van der Waals surface area contributed by atoms with Gasteiger partial charge in [-0.1, -0.05) is 39.7 Å². The molecule has 0 aliphatic carbocycles. The van der Waals surface area contributed by atoms with E-state index in [2.05, 4.69) is 31.8 Å². The van der Waals surface area contributed by atoms with Gasteiger partial charge < -0.3 is 5.32 Å². The summed E-state index contributed by atoms with van der Waals surface area (Å²) in [6, 6.07) is 13.7. The molecule has 0 spiro atoms. The molecule has 0 radical (unpaired) electrons. The van der Waals surface area contributed by atoms with E-state index in [0.29, 0.717) is 10.7 Å². The number of amides is 2. The molecule has 2 amide bonds. The zero-order valence-electron chi connectivity index (χ0n) is 11.2. The fourth-order valence-electron chi connectivity index (χ4n) is 1.49. The Morgan fingerprint density at radius 2 is 1.64 bits per heavy atom. The summed E-state index contributed by atoms with van der Waals surface area (Å²) in [5.74, 6) is -1.65. The van der Waals surface area contributed by atoms with Crippen LogP contribution >= 0.6 is 27.5 Å². The van der Waals surface area contributed by atoms with Gasteiger partial charge in [-0.3, -0.25) is 9.59 Å². The SMILES string of the molecule is O=C(N/N=C/c1ccc(Cl)cc1)C(=O)Nc1ccc(Br)cc1. The van der Waals surface area contributed by atoms with Gasteiger partial charge in [0, 0.05) is 15.2 Å². The van der Waals surface area contributed by atoms with Gasteiger partial charge in [0.2, 0.25) is 0 Å². The number of hydrogen-bond acceptors (Lipinski definition) is 3. The van der Waals surface area contributed by atoms with E-state index in [0.717, 1.165) is 10.0 Å². The molecule has 0 bridgehead atoms. The van der Waals surface area contributed by atoms with Crippen molar-refractivity contribution < 1.29 is 9.59 Å². The number of nitrogens with one attached hydrogen (secondary N) is 2. The molecule has 7 heteroatoms. The molecule has 2 aromatic rings. The number of benzene rings is 2. The van der Waals surface area contributed by atoms with Crippen LogP contribution in [0.25, 0.3) is 0 Å². The summed E-state index contributed by atoms with van der Waals surface area (Å²) in [6.45, 7) is 0. The van der Waals surface area contributed by atoms with E-state index in [1.165, 1.54) is 6.21 Å². The average molecular weight is 381 g/mol. The standard InChI is InChI=1S/C15H11BrClN3O2/c16-11-3-7-13(8-4-11)19-14(21)15(22)20-18-9-10-1-5-12(17)6-2-10/h1-9H,(H,19,21)(H,20,22)/b18-9+. The van der Waals surface area contributed by atoms with E-state index >= 15 is 0 Å². The summed E-state index contributed by atoms with van der Waals surface area (Å²) < 4.78 is 0.877. The number of rotatable bonds is 3. The highest BCUT2D eigenvalue weighted by Gasteiger charge is 2.12. The van der Waals surface area contributed by atoms with Gasteiger partial charge in [-0.05, 0) is 42.0 Å². The maximum Gasteiger partial charge on any atom is 0.329 e. The largest absolute Gasteiger partial charge is 0.329 e. The van der Waals surface area contributed by atoms with Crippen LogP contribution in [0.3, 0.4) is 0 Å². The number of hydrazone groups is 1. The molecule has 2 rings (SSSR count). The third kappa shape index (κ3) is 4.98. The Kier molecular flexibility index (Phi) is 5.68. The average Bonchev–Trinajstić information content (AvgIpc) is 2.51. The second-order valence-corrected chi connectivity index (χ2v) is 5.56. The zero-order valence-corrected chi connectivity index (χ0v) is 13.6. The van der Waals surface area contributed by atoms with Crippen molar-refractivity contribution in [3.05, 3.63) is 63.6 Å². The lowest BCUT2D eigenvalue weighted by molar-refractivity contribution is -0.136. The van der Waals surface area contributed by atoms with Crippen LogP contribution in [-0.2, 0) is 9.59 Å². The van der Waals surface area contributed by atoms with Gasteiger partial charge in [-0.25, -0.2) is 5.43 Å². The highest BCUT2D eigenvalue weighted by Crippen LogP contribution is 2.13. The van der Waals surface area contributed by atoms with Gasteiger partial charge in [0.15, 0.2) is 0 Å². The lowest BCUT2D eigenvalue weighted by Gasteiger charge is -2.03. The Morgan fingerprint density at radius 3 is 2.27 bits per heavy atom. The molecule has 0 fully saturated rings. The van der Waals surface area contributed by atoms with Gasteiger partial charge in [0.05, 0.1) is 6.21 Å². The second-order valence-electron chi connectivity index (χ2n) is 4.21. The van der Waals surface area contributed by atoms with Crippen LogP contribution in [0.15, 0.2) is 58.1 Å². The smallest absolute Gasteiger partial charge is 0.318 e. The molecule has 112 valence electrons. The molecular formula is C15H11BrClN3O2. The van der Waals surface area contributed by atoms with Crippen LogP contribution in [-0.4, -0.2) is 18.0 Å². The van der Waals surface area contributed by atoms with E-state index in [1.807, 2.05) is 0 Å². The maximum absolute atomic E-state index is 11.7. The Morgan fingerprint density at radius 1 is 1.00 bits per heavy atom. The van der Waals surface area contributed by atoms with Crippen molar-refractivity contribution >= 4 is 51.2 Å². The van der Waals surface area contributed by atoms with Crippen LogP contribution < -0.4 is 10.7 Å². The maximum atomic E-state index is 11.7. The summed E-state index contributed by atoms with van der Waals surface area (Å²) in [7, 11) is 0. The quantitative estimate of drug-likeness (QED) is 0.488. The van der Waals surface area contributed by atoms with Gasteiger partial charge in [0.1, 0.15) is 0 Å². The van der Waals surface area contributed by atoms with Gasteiger partial charge in [-0.15, -0.1) is 0 Å². The van der Waals surface area contributed by atoms with Gasteiger partial charge in [0.25, 0.3) is 0 Å². The fourth-order valence-corrected chi connectivity index (χ4v) is 1.88. The molecule has 0 saturated heterocycles. The summed E-state index contributed by atoms with van der Waals surface area (Å²) in [5, 5.41) is 6.78. The second kappa shape index (κ2) is 7.72. The van der Waals surface area contributed by atoms with Crippen molar-refractivity contribution in [2.24, 2.45) is 5.10 Å². The minimum absolute atomic E-state index is 0.519. The molecular weight excluding hydrogens is 370 g/mol. The molecule has 0 atom stereocenters. The molecule has 0 heterocycles. The summed E-state index contributed by atoms with van der Waals surface area (Å²) >= 11 is 9.04. The summed E-state index contributed by atoms with van der Waals surface area (Å²) in [6.07, 6.45) is 1.42. The monoisotopic (exact) mass is 379 g/mol. The summed E-state index contributed by atoms with van der Waals surface area (Å²) in [4.78, 5) is 23.2. The van der Waals surface area contributed by atoms with Crippen LogP contribution in [0, 0.1) is 0 Å². The van der Waals surface area contributed by atoms with E-state index in [-0.39, 0.29) is 0 Å². The van der Waals surface area contributed by atoms with Crippen molar-refractivity contribution in [2.45, 2.75) is 0 Å². The van der Waals surface area contributed by atoms with Crippen molar-refractivity contribution in [1.29, 1.82) is 0 Å². The molecule has 5 nitrogen and oxygen atoms in total. The first-order chi connectivity index (χ1) is 10.5. The first kappa shape index (κ1) is 16.2. The minimum atomic E-state index is -0.854. The van der Waals surface area contributed by atoms with E-state index in [9.17, 15) is 9.59 Å². The number of anilines is 1. The highest BCUT2D eigenvalue weighted by molar-refractivity contribution is 9.10. The molecule has 0 saturated carbocycles. The molecule has 0 aliphatic heterocycles. The molecule has 2 aromatic carbocycles. The van der Waals surface area contributed by atoms with Crippen LogP contribution in [0.1, 0.15) is 5.56 Å². The molecule has 2 N–H and O–H groups in total. The number of carbonyl (C=O) groups excluding carboxylic acids is 2. The minimum Gasteiger partial charge on any atom is -0.318 e. The van der Waals surface area contributed by atoms with E-state index in [4.69, 9.17) is 11.6 Å². The first-order valence-electron chi connectivity index (χ1n) is 6.20. The Bertz CT molecular complexity index is 700. The fraction of sp³-hybridized carbons (Fsp3) is 0. The predicted octanol–water partition coefficient (Wildman–Crippen LogP) is 3.19. The Labute approximate surface area is 140 Å². The van der Waals surface area contributed by atoms with Crippen molar-refractivity contribution in [1.82, 2.24) is 5.43 Å². The zero-order chi connectivity index (χ0) is 15.9. The molecule has 0 aromatic heterocycles. The Balaban J connectivity index is 1.87. The van der Waals surface area contributed by atoms with Crippen molar-refractivity contribution in [3.8, 4) is 0 Å². The first-order valence-corrected chi connectivity index (χ1v) is 7.37. The van der Waals surface area contributed by atoms with Crippen LogP contribution in [0.2, 0.25) is 5.02 Å². The lowest BCUT2D eigenvalue weighted by Crippen LogP contribution is -2.32. The topological polar surface area (TPSA) is 70.6 Å². The van der Waals surface area contributed by atoms with Crippen LogP contribution in [0.5, 0.6) is 0 Å². The number of nitrogens with zero attached hydrogens (tertiary/aromatic N) is 1. The molecule has 22 heavy (non-hydrogen) atoms. The lowest BCUT2D eigenvalue weighted by atomic mass is 10.2. The van der Waals surface area contributed by atoms with Crippen molar-refractivity contribution in [3.63, 3.8) is 0 Å². The number of carbonyl (C=O) groups is 2. The molecule has 0 aliphatic rings. The van der Waals surface area contributed by atoms with Crippen molar-refractivity contribution in [2.75, 3.05) is 5.32 Å².